The molecule has 0 saturated carbocycles. The number of carbonyl (C=O) groups is 2. The molecule has 4 aromatic rings. The Kier molecular flexibility index (Phi) is 7.58. The number of amides is 1. The highest BCUT2D eigenvalue weighted by atomic mass is 32.1. The summed E-state index contributed by atoms with van der Waals surface area (Å²) in [6.45, 7) is 1.59. The molecule has 176 valence electrons. The van der Waals surface area contributed by atoms with Crippen molar-refractivity contribution in [3.8, 4) is 17.2 Å². The molecule has 1 atom stereocenters. The molecular weight excluding hydrogens is 454 g/mol. The first-order chi connectivity index (χ1) is 16.5. The third-order valence-electron chi connectivity index (χ3n) is 5.39. The fraction of sp³-hybridized carbons (Fsp3) is 0.333. The number of carbonyl (C=O) groups excluding carboxylic acids is 2. The highest BCUT2D eigenvalue weighted by Crippen LogP contribution is 2.33. The van der Waals surface area contributed by atoms with E-state index >= 15 is 0 Å². The number of ketones is 1. The van der Waals surface area contributed by atoms with Gasteiger partial charge < -0.3 is 19.3 Å². The summed E-state index contributed by atoms with van der Waals surface area (Å²) >= 11 is 1.11. The van der Waals surface area contributed by atoms with Crippen LogP contribution in [0.3, 0.4) is 0 Å². The molecular formula is C24H25N5O4S. The minimum atomic E-state index is -0.459. The van der Waals surface area contributed by atoms with Gasteiger partial charge in [-0.3, -0.25) is 4.79 Å². The summed E-state index contributed by atoms with van der Waals surface area (Å²) in [5.41, 5.74) is 1.74. The lowest BCUT2D eigenvalue weighted by atomic mass is 10.1. The van der Waals surface area contributed by atoms with Crippen LogP contribution in [0.25, 0.3) is 22.2 Å². The quantitative estimate of drug-likeness (QED) is 0.306. The number of para-hydroxylation sites is 1. The van der Waals surface area contributed by atoms with Crippen molar-refractivity contribution >= 4 is 34.1 Å². The second kappa shape index (κ2) is 11.0. The number of oxazole rings is 1. The molecule has 4 rings (SSSR count). The fourth-order valence-electron chi connectivity index (χ4n) is 3.66. The number of rotatable bonds is 11. The van der Waals surface area contributed by atoms with Crippen molar-refractivity contribution in [1.82, 2.24) is 24.9 Å². The number of unbranched alkanes of at least 4 members (excludes halogenated alkanes) is 2. The number of fused-ring (bicyclic) bond motifs is 1. The third kappa shape index (κ3) is 5.63. The molecule has 0 aliphatic carbocycles. The van der Waals surface area contributed by atoms with Crippen LogP contribution < -0.4 is 10.1 Å². The van der Waals surface area contributed by atoms with Crippen molar-refractivity contribution in [2.45, 2.75) is 45.1 Å². The lowest BCUT2D eigenvalue weighted by Crippen LogP contribution is -2.29. The van der Waals surface area contributed by atoms with Gasteiger partial charge in [-0.15, -0.1) is 5.10 Å². The maximum atomic E-state index is 12.6. The summed E-state index contributed by atoms with van der Waals surface area (Å²) in [6.07, 6.45) is 5.24. The number of ether oxygens (including phenoxy) is 1. The van der Waals surface area contributed by atoms with Gasteiger partial charge in [0, 0.05) is 17.2 Å². The van der Waals surface area contributed by atoms with Crippen molar-refractivity contribution in [3.05, 3.63) is 53.5 Å². The third-order valence-corrected chi connectivity index (χ3v) is 5.89. The van der Waals surface area contributed by atoms with Crippen molar-refractivity contribution in [3.63, 3.8) is 0 Å². The van der Waals surface area contributed by atoms with Crippen molar-refractivity contribution in [2.75, 3.05) is 7.11 Å². The number of aromatic nitrogens is 4. The van der Waals surface area contributed by atoms with Crippen LogP contribution in [-0.4, -0.2) is 38.4 Å². The molecule has 3 aromatic heterocycles. The van der Waals surface area contributed by atoms with Gasteiger partial charge in [-0.2, -0.15) is 0 Å². The van der Waals surface area contributed by atoms with E-state index in [2.05, 4.69) is 24.9 Å². The summed E-state index contributed by atoms with van der Waals surface area (Å²) in [4.78, 5) is 32.9. The maximum Gasteiger partial charge on any atom is 0.273 e. The number of hydrogen-bond donors (Lipinski definition) is 1. The van der Waals surface area contributed by atoms with E-state index < -0.39 is 6.04 Å². The predicted molar refractivity (Wildman–Crippen MR) is 128 cm³/mol. The summed E-state index contributed by atoms with van der Waals surface area (Å²) in [6, 6.07) is 9.23. The van der Waals surface area contributed by atoms with Gasteiger partial charge >= 0.3 is 0 Å². The Hall–Kier alpha value is -3.66. The van der Waals surface area contributed by atoms with E-state index in [4.69, 9.17) is 9.15 Å². The first-order valence-corrected chi connectivity index (χ1v) is 11.9. The molecule has 0 aliphatic rings. The number of pyridine rings is 1. The number of nitrogens with one attached hydrogen (secondary N) is 1. The van der Waals surface area contributed by atoms with Gasteiger partial charge in [0.25, 0.3) is 5.91 Å². The van der Waals surface area contributed by atoms with E-state index in [1.54, 1.807) is 25.6 Å². The highest BCUT2D eigenvalue weighted by molar-refractivity contribution is 7.03. The zero-order chi connectivity index (χ0) is 23.9. The standard InChI is InChI=1S/C24H25N5O4S/c1-15(30)8-4-3-5-11-19(26-22(31)20-14-34-29-28-20)24-25-13-21(33-24)17-12-16-9-6-7-10-18(16)27-23(17)32-2/h6-7,9-10,12-14,19H,3-5,8,11H2,1-2H3,(H,26,31)/t19-/m0/s1. The Balaban J connectivity index is 1.57. The number of methoxy groups -OCH3 is 1. The smallest absolute Gasteiger partial charge is 0.273 e. The van der Waals surface area contributed by atoms with Gasteiger partial charge in [-0.1, -0.05) is 35.5 Å². The van der Waals surface area contributed by atoms with E-state index in [0.717, 1.165) is 41.7 Å². The average Bonchev–Trinajstić information content (AvgIpc) is 3.55. The molecule has 0 unspecified atom stereocenters. The van der Waals surface area contributed by atoms with E-state index in [1.165, 1.54) is 0 Å². The van der Waals surface area contributed by atoms with Gasteiger partial charge in [-0.25, -0.2) is 9.97 Å². The van der Waals surface area contributed by atoms with Crippen LogP contribution in [0.5, 0.6) is 5.88 Å². The van der Waals surface area contributed by atoms with E-state index in [9.17, 15) is 9.59 Å². The molecule has 10 heteroatoms. The van der Waals surface area contributed by atoms with Crippen molar-refractivity contribution in [2.24, 2.45) is 0 Å². The van der Waals surface area contributed by atoms with Crippen LogP contribution in [0.2, 0.25) is 0 Å². The Morgan fingerprint density at radius 2 is 2.06 bits per heavy atom. The van der Waals surface area contributed by atoms with Crippen LogP contribution >= 0.6 is 11.5 Å². The zero-order valence-corrected chi connectivity index (χ0v) is 19.8. The minimum absolute atomic E-state index is 0.177. The molecule has 9 nitrogen and oxygen atoms in total. The number of hydrogen-bond acceptors (Lipinski definition) is 9. The predicted octanol–water partition coefficient (Wildman–Crippen LogP) is 4.76. The topological polar surface area (TPSA) is 120 Å². The first kappa shape index (κ1) is 23.5. The zero-order valence-electron chi connectivity index (χ0n) is 19.0. The van der Waals surface area contributed by atoms with E-state index in [0.29, 0.717) is 35.9 Å². The molecule has 1 amide bonds. The second-order valence-corrected chi connectivity index (χ2v) is 8.53. The average molecular weight is 480 g/mol. The Bertz CT molecular complexity index is 1270. The molecule has 0 saturated heterocycles. The minimum Gasteiger partial charge on any atom is -0.480 e. The Labute approximate surface area is 200 Å². The van der Waals surface area contributed by atoms with E-state index in [1.807, 2.05) is 30.3 Å². The van der Waals surface area contributed by atoms with Gasteiger partial charge in [-0.05, 0) is 43.4 Å². The highest BCUT2D eigenvalue weighted by Gasteiger charge is 2.23. The van der Waals surface area contributed by atoms with Gasteiger partial charge in [0.05, 0.1) is 24.4 Å². The fourth-order valence-corrected chi connectivity index (χ4v) is 4.09. The largest absolute Gasteiger partial charge is 0.480 e. The van der Waals surface area contributed by atoms with Crippen LogP contribution in [0.15, 0.2) is 46.3 Å². The lowest BCUT2D eigenvalue weighted by molar-refractivity contribution is -0.117. The van der Waals surface area contributed by atoms with Crippen LogP contribution in [0, 0.1) is 0 Å². The SMILES string of the molecule is COc1nc2ccccc2cc1-c1cnc([C@H](CCCCCC(C)=O)NC(=O)c2csnn2)o1. The molecule has 0 spiro atoms. The van der Waals surface area contributed by atoms with Crippen molar-refractivity contribution < 1.29 is 18.7 Å². The lowest BCUT2D eigenvalue weighted by Gasteiger charge is -2.15. The van der Waals surface area contributed by atoms with Crippen molar-refractivity contribution in [1.29, 1.82) is 0 Å². The molecule has 1 aromatic carbocycles. The van der Waals surface area contributed by atoms with Crippen LogP contribution in [0.4, 0.5) is 0 Å². The number of Topliss-reactive ketones (excluding diaryl/α,β-unsaturated/α-hetero) is 1. The molecule has 0 radical (unpaired) electrons. The summed E-state index contributed by atoms with van der Waals surface area (Å²) < 4.78 is 15.3. The molecule has 3 heterocycles. The van der Waals surface area contributed by atoms with Crippen LogP contribution in [0.1, 0.15) is 61.4 Å². The molecule has 1 N–H and O–H groups in total. The van der Waals surface area contributed by atoms with Gasteiger partial charge in [0.1, 0.15) is 11.8 Å². The van der Waals surface area contributed by atoms with Crippen LogP contribution in [-0.2, 0) is 4.79 Å². The van der Waals surface area contributed by atoms with Gasteiger partial charge in [0.15, 0.2) is 11.5 Å². The summed E-state index contributed by atoms with van der Waals surface area (Å²) in [5.74, 6) is 1.15. The maximum absolute atomic E-state index is 12.6. The Morgan fingerprint density at radius 1 is 1.21 bits per heavy atom. The molecule has 0 bridgehead atoms. The molecule has 0 aliphatic heterocycles. The normalized spacial score (nSPS) is 11.9. The number of nitrogens with zero attached hydrogens (tertiary/aromatic N) is 4. The van der Waals surface area contributed by atoms with E-state index in [-0.39, 0.29) is 17.4 Å². The van der Waals surface area contributed by atoms with Gasteiger partial charge in [0.2, 0.25) is 11.8 Å². The Morgan fingerprint density at radius 3 is 2.82 bits per heavy atom. The first-order valence-electron chi connectivity index (χ1n) is 11.0. The monoisotopic (exact) mass is 479 g/mol. The number of benzene rings is 1. The second-order valence-electron chi connectivity index (χ2n) is 7.92. The summed E-state index contributed by atoms with van der Waals surface area (Å²) in [7, 11) is 1.56. The molecule has 34 heavy (non-hydrogen) atoms. The summed E-state index contributed by atoms with van der Waals surface area (Å²) in [5, 5.41) is 9.33. The molecule has 0 fully saturated rings.